The predicted molar refractivity (Wildman–Crippen MR) is 136 cm³/mol. The van der Waals surface area contributed by atoms with Gasteiger partial charge >= 0.3 is 5.97 Å². The van der Waals surface area contributed by atoms with Gasteiger partial charge in [0.25, 0.3) is 0 Å². The number of nitrogens with one attached hydrogen (secondary N) is 2. The first-order valence-electron chi connectivity index (χ1n) is 11.8. The van der Waals surface area contributed by atoms with Gasteiger partial charge in [0.15, 0.2) is 0 Å². The Morgan fingerprint density at radius 2 is 2.09 bits per heavy atom. The van der Waals surface area contributed by atoms with Gasteiger partial charge < -0.3 is 15.4 Å². The van der Waals surface area contributed by atoms with Crippen molar-refractivity contribution in [2.24, 2.45) is 10.9 Å². The third-order valence-electron chi connectivity index (χ3n) is 5.72. The largest absolute Gasteiger partial charge is 0.456 e. The van der Waals surface area contributed by atoms with Gasteiger partial charge in [-0.25, -0.2) is 9.78 Å². The molecule has 0 aliphatic carbocycles. The molecule has 3 heterocycles. The standard InChI is InChI=1S/C24H34N4O4S2/c1-5-6-7-8-9-10-16-11-18(29)25-12-19-26-17(13-33-19)21-28-24(4,14-34-21)23(31)27-20(15(2)3)22(30)32-16/h9-10,13,15-16,20H,5-8,11-12,14H2,1-4H3,(H,25,29)(H,27,31)/b10-9+/t16?,20?,24-/m0/s1. The first-order chi connectivity index (χ1) is 16.2. The number of nitrogens with zero attached hydrogens (tertiary/aromatic N) is 2. The minimum Gasteiger partial charge on any atom is -0.456 e. The maximum atomic E-state index is 13.2. The summed E-state index contributed by atoms with van der Waals surface area (Å²) in [5.41, 5.74) is -0.295. The molecule has 10 heteroatoms. The fourth-order valence-corrected chi connectivity index (χ4v) is 5.52. The summed E-state index contributed by atoms with van der Waals surface area (Å²) < 4.78 is 5.74. The van der Waals surface area contributed by atoms with Crippen LogP contribution in [0.2, 0.25) is 0 Å². The smallest absolute Gasteiger partial charge is 0.329 e. The second-order valence-electron chi connectivity index (χ2n) is 9.18. The van der Waals surface area contributed by atoms with Crippen molar-refractivity contribution >= 4 is 45.9 Å². The van der Waals surface area contributed by atoms with Crippen molar-refractivity contribution < 1.29 is 19.1 Å². The highest BCUT2D eigenvalue weighted by atomic mass is 32.2. The van der Waals surface area contributed by atoms with E-state index in [0.717, 1.165) is 30.7 Å². The SMILES string of the molecule is CCCCC/C=C/C1CC(=O)NCc2nc(cs2)C2=N[C@@](C)(CS2)C(=O)NC(C(C)C)C(=O)O1. The quantitative estimate of drug-likeness (QED) is 0.347. The summed E-state index contributed by atoms with van der Waals surface area (Å²) in [5, 5.41) is 9.06. The second-order valence-corrected chi connectivity index (χ2v) is 11.1. The molecule has 8 nitrogen and oxygen atoms in total. The number of aromatic nitrogens is 1. The van der Waals surface area contributed by atoms with Gasteiger partial charge in [-0.1, -0.05) is 39.7 Å². The Morgan fingerprint density at radius 1 is 1.29 bits per heavy atom. The summed E-state index contributed by atoms with van der Waals surface area (Å²) in [7, 11) is 0. The number of thioether (sulfide) groups is 1. The van der Waals surface area contributed by atoms with E-state index < -0.39 is 23.7 Å². The van der Waals surface area contributed by atoms with E-state index >= 15 is 0 Å². The molecule has 0 saturated carbocycles. The van der Waals surface area contributed by atoms with Crippen molar-refractivity contribution in [2.45, 2.75) is 84.0 Å². The molecule has 0 aromatic carbocycles. The highest BCUT2D eigenvalue weighted by Gasteiger charge is 2.41. The Bertz CT molecular complexity index is 959. The van der Waals surface area contributed by atoms with E-state index in [9.17, 15) is 14.4 Å². The molecule has 2 N–H and O–H groups in total. The molecule has 1 aromatic heterocycles. The molecule has 1 aromatic rings. The lowest BCUT2D eigenvalue weighted by Crippen LogP contribution is -2.53. The normalized spacial score (nSPS) is 26.4. The number of rotatable bonds is 6. The number of carbonyl (C=O) groups is 3. The van der Waals surface area contributed by atoms with Crippen LogP contribution in [0.25, 0.3) is 0 Å². The van der Waals surface area contributed by atoms with Gasteiger partial charge in [0.2, 0.25) is 11.8 Å². The van der Waals surface area contributed by atoms with E-state index in [4.69, 9.17) is 4.74 Å². The Kier molecular flexibility index (Phi) is 9.30. The fraction of sp³-hybridized carbons (Fsp3) is 0.625. The van der Waals surface area contributed by atoms with Crippen molar-refractivity contribution in [3.8, 4) is 0 Å². The van der Waals surface area contributed by atoms with Crippen LogP contribution in [0.1, 0.15) is 70.5 Å². The molecule has 4 bridgehead atoms. The van der Waals surface area contributed by atoms with Gasteiger partial charge in [0.1, 0.15) is 33.4 Å². The highest BCUT2D eigenvalue weighted by molar-refractivity contribution is 8.14. The number of amides is 2. The van der Waals surface area contributed by atoms with E-state index in [-0.39, 0.29) is 30.7 Å². The van der Waals surface area contributed by atoms with Gasteiger partial charge in [-0.3, -0.25) is 14.6 Å². The molecule has 2 amide bonds. The number of ether oxygens (including phenoxy) is 1. The monoisotopic (exact) mass is 506 g/mol. The molecule has 2 aliphatic heterocycles. The van der Waals surface area contributed by atoms with Gasteiger partial charge in [0.05, 0.1) is 13.0 Å². The average molecular weight is 507 g/mol. The van der Waals surface area contributed by atoms with Crippen LogP contribution in [-0.2, 0) is 25.7 Å². The number of carbonyl (C=O) groups excluding carboxylic acids is 3. The molecule has 3 atom stereocenters. The van der Waals surface area contributed by atoms with Crippen LogP contribution in [0.15, 0.2) is 22.5 Å². The molecule has 34 heavy (non-hydrogen) atoms. The molecule has 3 rings (SSSR count). The van der Waals surface area contributed by atoms with Crippen molar-refractivity contribution in [1.29, 1.82) is 0 Å². The number of thiazole rings is 1. The van der Waals surface area contributed by atoms with Crippen LogP contribution in [0.5, 0.6) is 0 Å². The summed E-state index contributed by atoms with van der Waals surface area (Å²) in [4.78, 5) is 48.1. The lowest BCUT2D eigenvalue weighted by molar-refractivity contribution is -0.153. The van der Waals surface area contributed by atoms with E-state index in [1.54, 1.807) is 13.0 Å². The minimum atomic E-state index is -0.999. The van der Waals surface area contributed by atoms with Gasteiger partial charge in [-0.2, -0.15) is 0 Å². The summed E-state index contributed by atoms with van der Waals surface area (Å²) >= 11 is 2.90. The van der Waals surface area contributed by atoms with Gasteiger partial charge in [-0.05, 0) is 31.8 Å². The van der Waals surface area contributed by atoms with Gasteiger partial charge in [-0.15, -0.1) is 23.1 Å². The van der Waals surface area contributed by atoms with Crippen molar-refractivity contribution in [3.63, 3.8) is 0 Å². The van der Waals surface area contributed by atoms with E-state index in [0.29, 0.717) is 16.5 Å². The number of fused-ring (bicyclic) bond motifs is 4. The highest BCUT2D eigenvalue weighted by Crippen LogP contribution is 2.32. The Labute approximate surface area is 209 Å². The Hall–Kier alpha value is -2.20. The molecule has 186 valence electrons. The molecular formula is C24H34N4O4S2. The van der Waals surface area contributed by atoms with Gasteiger partial charge in [0, 0.05) is 11.1 Å². The van der Waals surface area contributed by atoms with E-state index in [1.807, 2.05) is 25.3 Å². The van der Waals surface area contributed by atoms with Crippen LogP contribution >= 0.6 is 23.1 Å². The number of cyclic esters (lactones) is 1. The maximum Gasteiger partial charge on any atom is 0.329 e. The maximum absolute atomic E-state index is 13.2. The lowest BCUT2D eigenvalue weighted by Gasteiger charge is -2.27. The zero-order valence-corrected chi connectivity index (χ0v) is 21.9. The number of allylic oxidation sites excluding steroid dienone is 1. The minimum absolute atomic E-state index is 0.00723. The third-order valence-corrected chi connectivity index (χ3v) is 7.85. The molecule has 0 radical (unpaired) electrons. The van der Waals surface area contributed by atoms with Crippen LogP contribution in [0.3, 0.4) is 0 Å². The van der Waals surface area contributed by atoms with Crippen molar-refractivity contribution in [3.05, 3.63) is 28.2 Å². The number of unbranched alkanes of at least 4 members (excludes halogenated alkanes) is 3. The van der Waals surface area contributed by atoms with Crippen molar-refractivity contribution in [1.82, 2.24) is 15.6 Å². The lowest BCUT2D eigenvalue weighted by atomic mass is 10.0. The first kappa shape index (κ1) is 26.4. The molecule has 0 spiro atoms. The average Bonchev–Trinajstić information content (AvgIpc) is 3.42. The molecule has 2 unspecified atom stereocenters. The zero-order valence-electron chi connectivity index (χ0n) is 20.3. The first-order valence-corrected chi connectivity index (χ1v) is 13.7. The third kappa shape index (κ3) is 6.91. The summed E-state index contributed by atoms with van der Waals surface area (Å²) in [6.07, 6.45) is 7.16. The number of esters is 1. The second kappa shape index (κ2) is 12.0. The molecular weight excluding hydrogens is 472 g/mol. The Morgan fingerprint density at radius 3 is 2.82 bits per heavy atom. The molecule has 0 fully saturated rings. The number of aliphatic imine (C=N–C) groups is 1. The molecule has 2 aliphatic rings. The van der Waals surface area contributed by atoms with Crippen LogP contribution in [0, 0.1) is 5.92 Å². The summed E-state index contributed by atoms with van der Waals surface area (Å²) in [6.45, 7) is 7.90. The van der Waals surface area contributed by atoms with E-state index in [2.05, 4.69) is 27.5 Å². The zero-order chi connectivity index (χ0) is 24.7. The topological polar surface area (TPSA) is 110 Å². The Balaban J connectivity index is 1.86. The fourth-order valence-electron chi connectivity index (χ4n) is 3.59. The van der Waals surface area contributed by atoms with Crippen LogP contribution < -0.4 is 10.6 Å². The van der Waals surface area contributed by atoms with E-state index in [1.165, 1.54) is 23.1 Å². The summed E-state index contributed by atoms with van der Waals surface area (Å²) in [5.74, 6) is -0.836. The molecule has 0 saturated heterocycles. The van der Waals surface area contributed by atoms with Crippen LogP contribution in [0.4, 0.5) is 0 Å². The summed E-state index contributed by atoms with van der Waals surface area (Å²) in [6, 6.07) is -0.841. The predicted octanol–water partition coefficient (Wildman–Crippen LogP) is 3.60. The van der Waals surface area contributed by atoms with Crippen molar-refractivity contribution in [2.75, 3.05) is 5.75 Å². The number of hydrogen-bond donors (Lipinski definition) is 2. The number of hydrogen-bond acceptors (Lipinski definition) is 8. The van der Waals surface area contributed by atoms with Crippen LogP contribution in [-0.4, -0.2) is 51.2 Å².